The van der Waals surface area contributed by atoms with E-state index < -0.39 is 23.8 Å². The third kappa shape index (κ3) is 3.11. The number of benzene rings is 1. The molecule has 3 amide bonds. The molecule has 0 radical (unpaired) electrons. The topological polar surface area (TPSA) is 141 Å². The van der Waals surface area contributed by atoms with E-state index in [0.717, 1.165) is 0 Å². The number of primary amides is 2. The summed E-state index contributed by atoms with van der Waals surface area (Å²) < 4.78 is 5.42. The van der Waals surface area contributed by atoms with Crippen LogP contribution in [0.1, 0.15) is 16.2 Å². The second-order valence-corrected chi connectivity index (χ2v) is 4.50. The summed E-state index contributed by atoms with van der Waals surface area (Å²) in [4.78, 5) is 38.3. The largest absolute Gasteiger partial charge is 0.441 e. The van der Waals surface area contributed by atoms with Crippen molar-refractivity contribution in [2.24, 2.45) is 11.5 Å². The van der Waals surface area contributed by atoms with Gasteiger partial charge in [-0.05, 0) is 19.1 Å². The van der Waals surface area contributed by atoms with Crippen LogP contribution < -0.4 is 16.8 Å². The fourth-order valence-corrected chi connectivity index (χ4v) is 1.79. The minimum Gasteiger partial charge on any atom is -0.441 e. The summed E-state index contributed by atoms with van der Waals surface area (Å²) in [6.45, 7) is 1.54. The number of hydrogen-bond donors (Lipinski definition) is 3. The molecule has 0 unspecified atom stereocenters. The number of hydrogen-bond acceptors (Lipinski definition) is 5. The number of oxazole rings is 1. The van der Waals surface area contributed by atoms with Gasteiger partial charge in [0.05, 0.1) is 0 Å². The molecule has 0 atom stereocenters. The molecule has 8 nitrogen and oxygen atoms in total. The molecule has 1 aromatic heterocycles. The van der Waals surface area contributed by atoms with Gasteiger partial charge < -0.3 is 21.2 Å². The van der Waals surface area contributed by atoms with E-state index in [2.05, 4.69) is 10.3 Å². The van der Waals surface area contributed by atoms with Crippen LogP contribution in [0.25, 0.3) is 11.5 Å². The highest BCUT2D eigenvalue weighted by Gasteiger charge is 2.27. The first-order chi connectivity index (χ1) is 10.4. The Morgan fingerprint density at radius 1 is 1.14 bits per heavy atom. The molecule has 8 heteroatoms. The summed E-state index contributed by atoms with van der Waals surface area (Å²) >= 11 is 0. The van der Waals surface area contributed by atoms with E-state index in [0.29, 0.717) is 5.56 Å². The molecule has 2 rings (SSSR count). The fourth-order valence-electron chi connectivity index (χ4n) is 1.79. The Hall–Kier alpha value is -3.16. The van der Waals surface area contributed by atoms with Crippen LogP contribution in [0.2, 0.25) is 0 Å². The molecule has 1 heterocycles. The molecule has 114 valence electrons. The molecule has 5 N–H and O–H groups in total. The van der Waals surface area contributed by atoms with Gasteiger partial charge in [-0.3, -0.25) is 14.4 Å². The van der Waals surface area contributed by atoms with E-state index in [9.17, 15) is 14.4 Å². The van der Waals surface area contributed by atoms with Crippen molar-refractivity contribution < 1.29 is 18.8 Å². The Bertz CT molecular complexity index is 710. The lowest BCUT2D eigenvalue weighted by Gasteiger charge is -2.10. The van der Waals surface area contributed by atoms with Gasteiger partial charge in [-0.2, -0.15) is 0 Å². The number of aryl methyl sites for hydroxylation is 1. The Labute approximate surface area is 125 Å². The number of nitrogens with two attached hydrogens (primary N) is 2. The zero-order chi connectivity index (χ0) is 16.3. The maximum atomic E-state index is 12.1. The van der Waals surface area contributed by atoms with E-state index in [1.54, 1.807) is 24.3 Å². The van der Waals surface area contributed by atoms with Crippen molar-refractivity contribution in [1.29, 1.82) is 0 Å². The van der Waals surface area contributed by atoms with Gasteiger partial charge in [-0.1, -0.05) is 18.2 Å². The molecule has 0 fully saturated rings. The molecule has 2 aromatic rings. The van der Waals surface area contributed by atoms with Gasteiger partial charge in [0.25, 0.3) is 5.91 Å². The van der Waals surface area contributed by atoms with Gasteiger partial charge in [0, 0.05) is 5.56 Å². The molecule has 0 spiro atoms. The lowest BCUT2D eigenvalue weighted by Crippen LogP contribution is -2.52. The molecule has 0 aliphatic rings. The summed E-state index contributed by atoms with van der Waals surface area (Å²) in [6, 6.07) is 7.35. The zero-order valence-electron chi connectivity index (χ0n) is 11.7. The second-order valence-electron chi connectivity index (χ2n) is 4.50. The van der Waals surface area contributed by atoms with Crippen LogP contribution in [-0.2, 0) is 9.59 Å². The van der Waals surface area contributed by atoms with E-state index >= 15 is 0 Å². The van der Waals surface area contributed by atoms with Crippen LogP contribution in [0.5, 0.6) is 0 Å². The average molecular weight is 302 g/mol. The second kappa shape index (κ2) is 6.08. The number of nitrogens with zero attached hydrogens (tertiary/aromatic N) is 1. The first-order valence-corrected chi connectivity index (χ1v) is 6.32. The number of nitrogens with one attached hydrogen (secondary N) is 1. The van der Waals surface area contributed by atoms with Crippen molar-refractivity contribution in [1.82, 2.24) is 10.3 Å². The zero-order valence-corrected chi connectivity index (χ0v) is 11.7. The van der Waals surface area contributed by atoms with Crippen LogP contribution >= 0.6 is 0 Å². The van der Waals surface area contributed by atoms with Gasteiger partial charge >= 0.3 is 0 Å². The van der Waals surface area contributed by atoms with Crippen LogP contribution in [0.4, 0.5) is 0 Å². The van der Waals surface area contributed by atoms with Crippen LogP contribution in [0.15, 0.2) is 34.7 Å². The van der Waals surface area contributed by atoms with E-state index in [4.69, 9.17) is 15.9 Å². The van der Waals surface area contributed by atoms with Crippen molar-refractivity contribution >= 4 is 17.7 Å². The highest BCUT2D eigenvalue weighted by molar-refractivity contribution is 6.07. The number of aromatic nitrogens is 1. The number of amides is 3. The Balaban J connectivity index is 2.26. The predicted molar refractivity (Wildman–Crippen MR) is 76.3 cm³/mol. The lowest BCUT2D eigenvalue weighted by atomic mass is 10.2. The SMILES string of the molecule is Cc1oc(-c2ccccc2)nc1C(=O)NC(C(N)=O)C(N)=O. The van der Waals surface area contributed by atoms with Gasteiger partial charge in [0.1, 0.15) is 5.76 Å². The maximum absolute atomic E-state index is 12.1. The summed E-state index contributed by atoms with van der Waals surface area (Å²) in [5, 5.41) is 2.13. The molecule has 1 aromatic carbocycles. The van der Waals surface area contributed by atoms with Crippen molar-refractivity contribution in [2.45, 2.75) is 13.0 Å². The first kappa shape index (κ1) is 15.2. The van der Waals surface area contributed by atoms with Crippen molar-refractivity contribution in [2.75, 3.05) is 0 Å². The molecular formula is C14H14N4O4. The number of rotatable bonds is 5. The number of carbonyl (C=O) groups excluding carboxylic acids is 3. The summed E-state index contributed by atoms with van der Waals surface area (Å²) in [7, 11) is 0. The van der Waals surface area contributed by atoms with Gasteiger partial charge in [-0.15, -0.1) is 0 Å². The summed E-state index contributed by atoms with van der Waals surface area (Å²) in [5.74, 6) is -2.39. The highest BCUT2D eigenvalue weighted by atomic mass is 16.4. The Morgan fingerprint density at radius 2 is 1.73 bits per heavy atom. The quantitative estimate of drug-likeness (QED) is 0.651. The minimum atomic E-state index is -1.61. The molecular weight excluding hydrogens is 288 g/mol. The van der Waals surface area contributed by atoms with E-state index in [-0.39, 0.29) is 17.3 Å². The van der Waals surface area contributed by atoms with Crippen molar-refractivity contribution in [3.05, 3.63) is 41.8 Å². The third-order valence-electron chi connectivity index (χ3n) is 2.88. The summed E-state index contributed by atoms with van der Waals surface area (Å²) in [5.41, 5.74) is 10.6. The fraction of sp³-hybridized carbons (Fsp3) is 0.143. The Kier molecular flexibility index (Phi) is 4.21. The third-order valence-corrected chi connectivity index (χ3v) is 2.88. The first-order valence-electron chi connectivity index (χ1n) is 6.32. The molecule has 22 heavy (non-hydrogen) atoms. The predicted octanol–water partition coefficient (Wildman–Crippen LogP) is -0.281. The summed E-state index contributed by atoms with van der Waals surface area (Å²) in [6.07, 6.45) is 0. The van der Waals surface area contributed by atoms with E-state index in [1.807, 2.05) is 6.07 Å². The molecule has 0 saturated carbocycles. The standard InChI is InChI=1S/C14H14N4O4/c1-7-9(13(21)17-10(11(15)19)12(16)20)18-14(22-7)8-5-3-2-4-6-8/h2-6,10H,1H3,(H2,15,19)(H2,16,20)(H,17,21). The Morgan fingerprint density at radius 3 is 2.27 bits per heavy atom. The monoisotopic (exact) mass is 302 g/mol. The van der Waals surface area contributed by atoms with Gasteiger partial charge in [0.15, 0.2) is 11.7 Å². The highest BCUT2D eigenvalue weighted by Crippen LogP contribution is 2.21. The van der Waals surface area contributed by atoms with Crippen LogP contribution in [0, 0.1) is 6.92 Å². The van der Waals surface area contributed by atoms with E-state index in [1.165, 1.54) is 6.92 Å². The molecule has 0 saturated heterocycles. The van der Waals surface area contributed by atoms with Crippen molar-refractivity contribution in [3.63, 3.8) is 0 Å². The normalized spacial score (nSPS) is 10.5. The van der Waals surface area contributed by atoms with Gasteiger partial charge in [0.2, 0.25) is 17.7 Å². The minimum absolute atomic E-state index is 0.0497. The lowest BCUT2D eigenvalue weighted by molar-refractivity contribution is -0.128. The molecule has 0 aliphatic carbocycles. The smallest absolute Gasteiger partial charge is 0.274 e. The average Bonchev–Trinajstić information content (AvgIpc) is 2.87. The number of carbonyl (C=O) groups is 3. The van der Waals surface area contributed by atoms with Crippen molar-refractivity contribution in [3.8, 4) is 11.5 Å². The van der Waals surface area contributed by atoms with Crippen LogP contribution in [0.3, 0.4) is 0 Å². The molecule has 0 bridgehead atoms. The van der Waals surface area contributed by atoms with Crippen LogP contribution in [-0.4, -0.2) is 28.7 Å². The maximum Gasteiger partial charge on any atom is 0.274 e. The van der Waals surface area contributed by atoms with Gasteiger partial charge in [-0.25, -0.2) is 4.98 Å². The molecule has 0 aliphatic heterocycles.